The number of para-hydroxylation sites is 1. The molecule has 3 fully saturated rings. The van der Waals surface area contributed by atoms with Crippen LogP contribution in [0, 0.1) is 5.92 Å². The van der Waals surface area contributed by atoms with E-state index in [1.807, 2.05) is 22.9 Å². The minimum atomic E-state index is -4.70. The molecule has 0 bridgehead atoms. The summed E-state index contributed by atoms with van der Waals surface area (Å²) in [5.74, 6) is -1.05. The van der Waals surface area contributed by atoms with Gasteiger partial charge in [0.1, 0.15) is 23.2 Å². The number of carbonyl (C=O) groups is 3. The predicted octanol–water partition coefficient (Wildman–Crippen LogP) is 3.59. The predicted molar refractivity (Wildman–Crippen MR) is 200 cm³/mol. The Balaban J connectivity index is 0.883. The number of pyridine rings is 2. The highest BCUT2D eigenvalue weighted by Crippen LogP contribution is 2.35. The number of benzene rings is 1. The second-order valence-corrected chi connectivity index (χ2v) is 15.0. The SMILES string of the molecule is Cn1c(NC(=O)c2cccc(C(F)(F)F)n2)cc2cn([C@H]3CC[C@H](CN4CCN(c5cccc6c5n(C)c(=O)n6C5CCC(=O)NC5=O)CC4)CC3)nc2c1=O. The van der Waals surface area contributed by atoms with E-state index in [-0.39, 0.29) is 41.8 Å². The largest absolute Gasteiger partial charge is 0.433 e. The molecule has 1 unspecified atom stereocenters. The Morgan fingerprint density at radius 3 is 2.38 bits per heavy atom. The number of piperazine rings is 1. The van der Waals surface area contributed by atoms with Crippen molar-refractivity contribution >= 4 is 51.2 Å². The zero-order valence-electron chi connectivity index (χ0n) is 30.9. The number of amides is 3. The summed E-state index contributed by atoms with van der Waals surface area (Å²) in [4.78, 5) is 72.1. The second kappa shape index (κ2) is 14.4. The topological polar surface area (TPSA) is 161 Å². The van der Waals surface area contributed by atoms with E-state index in [0.29, 0.717) is 16.8 Å². The summed E-state index contributed by atoms with van der Waals surface area (Å²) >= 11 is 0. The molecule has 4 aromatic heterocycles. The van der Waals surface area contributed by atoms with Gasteiger partial charge in [0.25, 0.3) is 11.5 Å². The number of halogens is 3. The molecule has 1 saturated carbocycles. The fourth-order valence-electron chi connectivity index (χ4n) is 8.43. The molecule has 0 radical (unpaired) electrons. The lowest BCUT2D eigenvalue weighted by Gasteiger charge is -2.39. The van der Waals surface area contributed by atoms with E-state index in [1.54, 1.807) is 23.9 Å². The van der Waals surface area contributed by atoms with Gasteiger partial charge in [-0.3, -0.25) is 47.8 Å². The Hall–Kier alpha value is -5.78. The number of hydrogen-bond donors (Lipinski definition) is 2. The van der Waals surface area contributed by atoms with Gasteiger partial charge < -0.3 is 10.2 Å². The summed E-state index contributed by atoms with van der Waals surface area (Å²) in [6, 6.07) is 9.78. The number of aryl methyl sites for hydroxylation is 1. The van der Waals surface area contributed by atoms with Gasteiger partial charge >= 0.3 is 11.9 Å². The number of alkyl halides is 3. The van der Waals surface area contributed by atoms with Crippen LogP contribution in [0.15, 0.2) is 58.3 Å². The number of anilines is 2. The maximum absolute atomic E-state index is 13.4. The van der Waals surface area contributed by atoms with Crippen LogP contribution in [-0.2, 0) is 29.9 Å². The van der Waals surface area contributed by atoms with Gasteiger partial charge in [-0.05, 0) is 68.4 Å². The highest BCUT2D eigenvalue weighted by Gasteiger charge is 2.34. The molecule has 1 atom stereocenters. The van der Waals surface area contributed by atoms with Crippen LogP contribution >= 0.6 is 0 Å². The van der Waals surface area contributed by atoms with Gasteiger partial charge in [0.15, 0.2) is 5.52 Å². The molecule has 1 aliphatic carbocycles. The zero-order valence-corrected chi connectivity index (χ0v) is 30.9. The number of piperidine rings is 1. The van der Waals surface area contributed by atoms with E-state index in [0.717, 1.165) is 81.7 Å². The van der Waals surface area contributed by atoms with Crippen LogP contribution in [0.25, 0.3) is 21.9 Å². The molecule has 18 heteroatoms. The molecule has 56 heavy (non-hydrogen) atoms. The molecule has 294 valence electrons. The Kier molecular flexibility index (Phi) is 9.54. The maximum Gasteiger partial charge on any atom is 0.433 e. The first kappa shape index (κ1) is 37.2. The summed E-state index contributed by atoms with van der Waals surface area (Å²) in [6.07, 6.45) is 1.28. The smallest absolute Gasteiger partial charge is 0.367 e. The molecule has 2 saturated heterocycles. The first-order valence-electron chi connectivity index (χ1n) is 18.7. The molecule has 3 amide bonds. The number of aromatic nitrogens is 6. The van der Waals surface area contributed by atoms with Gasteiger partial charge in [-0.25, -0.2) is 9.78 Å². The average Bonchev–Trinajstić information content (AvgIpc) is 3.72. The molecule has 1 aromatic carbocycles. The highest BCUT2D eigenvalue weighted by molar-refractivity contribution is 6.03. The summed E-state index contributed by atoms with van der Waals surface area (Å²) in [6.45, 7) is 4.23. The molecular formula is C38H41F3N10O5. The molecule has 3 aliphatic rings. The van der Waals surface area contributed by atoms with Crippen LogP contribution in [0.2, 0.25) is 0 Å². The van der Waals surface area contributed by atoms with Crippen molar-refractivity contribution in [3.8, 4) is 0 Å². The number of rotatable bonds is 7. The molecule has 2 aliphatic heterocycles. The fraction of sp³-hybridized carbons (Fsp3) is 0.447. The number of nitrogens with one attached hydrogen (secondary N) is 2. The minimum absolute atomic E-state index is 0.0900. The molecule has 8 rings (SSSR count). The third kappa shape index (κ3) is 6.86. The van der Waals surface area contributed by atoms with Gasteiger partial charge in [0, 0.05) is 64.8 Å². The Bertz CT molecular complexity index is 2490. The first-order valence-corrected chi connectivity index (χ1v) is 18.7. The zero-order chi connectivity index (χ0) is 39.5. The Morgan fingerprint density at radius 1 is 0.929 bits per heavy atom. The number of fused-ring (bicyclic) bond motifs is 2. The lowest BCUT2D eigenvalue weighted by atomic mass is 9.85. The van der Waals surface area contributed by atoms with Crippen LogP contribution in [-0.4, -0.2) is 83.8 Å². The van der Waals surface area contributed by atoms with Crippen LogP contribution in [0.1, 0.15) is 66.8 Å². The van der Waals surface area contributed by atoms with Crippen molar-refractivity contribution in [1.82, 2.24) is 38.7 Å². The number of hydrogen-bond acceptors (Lipinski definition) is 9. The molecule has 6 heterocycles. The van der Waals surface area contributed by atoms with Crippen LogP contribution in [0.5, 0.6) is 0 Å². The normalized spacial score (nSPS) is 21.2. The highest BCUT2D eigenvalue weighted by atomic mass is 19.4. The monoisotopic (exact) mass is 774 g/mol. The number of imide groups is 1. The van der Waals surface area contributed by atoms with E-state index in [2.05, 4.69) is 30.5 Å². The van der Waals surface area contributed by atoms with Crippen LogP contribution in [0.4, 0.5) is 24.7 Å². The third-order valence-electron chi connectivity index (χ3n) is 11.5. The Morgan fingerprint density at radius 2 is 1.66 bits per heavy atom. The molecule has 0 spiro atoms. The molecule has 2 N–H and O–H groups in total. The Labute approximate surface area is 317 Å². The van der Waals surface area contributed by atoms with Crippen molar-refractivity contribution in [2.24, 2.45) is 20.0 Å². The van der Waals surface area contributed by atoms with Gasteiger partial charge in [-0.1, -0.05) is 12.1 Å². The molecular weight excluding hydrogens is 733 g/mol. The third-order valence-corrected chi connectivity index (χ3v) is 11.5. The van der Waals surface area contributed by atoms with Crippen molar-refractivity contribution in [2.45, 2.75) is 56.8 Å². The minimum Gasteiger partial charge on any atom is -0.367 e. The van der Waals surface area contributed by atoms with E-state index in [9.17, 15) is 37.1 Å². The standard InChI is InChI=1S/C38H41F3N10O5/c1-46-30(43-34(53)25-5-3-8-29(42-25)38(39,40)41)19-23-21-50(45-32(23)36(46)55)24-11-9-22(10-12-24)20-48-15-17-49(18-16-48)26-6-4-7-27-33(26)47(2)37(56)51(27)28-13-14-31(52)44-35(28)54/h3-8,19,21-22,24,28H,9-18,20H2,1-2H3,(H,43,53)(H,44,52,54)/t22-,24-,28?. The maximum atomic E-state index is 13.4. The van der Waals surface area contributed by atoms with Crippen molar-refractivity contribution in [1.29, 1.82) is 0 Å². The van der Waals surface area contributed by atoms with Crippen molar-refractivity contribution in [3.63, 3.8) is 0 Å². The van der Waals surface area contributed by atoms with Crippen molar-refractivity contribution in [3.05, 3.63) is 80.9 Å². The number of nitrogens with zero attached hydrogens (tertiary/aromatic N) is 8. The van der Waals surface area contributed by atoms with Gasteiger partial charge in [-0.15, -0.1) is 0 Å². The van der Waals surface area contributed by atoms with E-state index < -0.39 is 41.0 Å². The number of imidazole rings is 1. The number of carbonyl (C=O) groups excluding carboxylic acids is 3. The van der Waals surface area contributed by atoms with Crippen LogP contribution in [0.3, 0.4) is 0 Å². The quantitative estimate of drug-likeness (QED) is 0.236. The van der Waals surface area contributed by atoms with Gasteiger partial charge in [0.05, 0.1) is 22.8 Å². The fourth-order valence-corrected chi connectivity index (χ4v) is 8.43. The van der Waals surface area contributed by atoms with Crippen molar-refractivity contribution in [2.75, 3.05) is 42.9 Å². The van der Waals surface area contributed by atoms with Gasteiger partial charge in [0.2, 0.25) is 11.8 Å². The lowest BCUT2D eigenvalue weighted by Crippen LogP contribution is -2.48. The summed E-state index contributed by atoms with van der Waals surface area (Å²) in [7, 11) is 3.18. The lowest BCUT2D eigenvalue weighted by molar-refractivity contribution is -0.141. The summed E-state index contributed by atoms with van der Waals surface area (Å²) in [5, 5.41) is 10.0. The van der Waals surface area contributed by atoms with E-state index in [1.165, 1.54) is 22.2 Å². The summed E-state index contributed by atoms with van der Waals surface area (Å²) in [5.41, 5.74) is 0.292. The van der Waals surface area contributed by atoms with E-state index >= 15 is 0 Å². The van der Waals surface area contributed by atoms with E-state index in [4.69, 9.17) is 0 Å². The van der Waals surface area contributed by atoms with Crippen LogP contribution < -0.4 is 26.8 Å². The first-order chi connectivity index (χ1) is 26.8. The molecule has 15 nitrogen and oxygen atoms in total. The summed E-state index contributed by atoms with van der Waals surface area (Å²) < 4.78 is 45.6. The van der Waals surface area contributed by atoms with Gasteiger partial charge in [-0.2, -0.15) is 18.3 Å². The average molecular weight is 775 g/mol. The molecule has 5 aromatic rings. The van der Waals surface area contributed by atoms with Crippen molar-refractivity contribution < 1.29 is 27.6 Å². The second-order valence-electron chi connectivity index (χ2n) is 15.0.